The van der Waals surface area contributed by atoms with Crippen molar-refractivity contribution < 1.29 is 9.53 Å². The van der Waals surface area contributed by atoms with Gasteiger partial charge in [0, 0.05) is 12.1 Å². The van der Waals surface area contributed by atoms with Gasteiger partial charge in [-0.3, -0.25) is 4.79 Å². The molecule has 0 radical (unpaired) electrons. The fourth-order valence-electron chi connectivity index (χ4n) is 3.13. The second-order valence-electron chi connectivity index (χ2n) is 5.93. The van der Waals surface area contributed by atoms with E-state index in [0.29, 0.717) is 29.0 Å². The van der Waals surface area contributed by atoms with Crippen molar-refractivity contribution >= 4 is 11.6 Å². The molecule has 0 spiro atoms. The number of nitrogens with two attached hydrogens (primary N) is 1. The van der Waals surface area contributed by atoms with Crippen LogP contribution in [-0.4, -0.2) is 19.1 Å². The molecular weight excluding hydrogens is 264 g/mol. The summed E-state index contributed by atoms with van der Waals surface area (Å²) in [4.78, 5) is 12.3. The SMILES string of the molecule is CCOc1ccc(C(=O)NCC2(CC)CCCC2)cc1N. The lowest BCUT2D eigenvalue weighted by molar-refractivity contribution is 0.0929. The molecular formula is C17H26N2O2. The number of carbonyl (C=O) groups excluding carboxylic acids is 1. The Labute approximate surface area is 127 Å². The maximum absolute atomic E-state index is 12.3. The quantitative estimate of drug-likeness (QED) is 0.789. The lowest BCUT2D eigenvalue weighted by Gasteiger charge is -2.27. The van der Waals surface area contributed by atoms with Crippen molar-refractivity contribution in [1.82, 2.24) is 5.32 Å². The lowest BCUT2D eigenvalue weighted by Crippen LogP contribution is -2.35. The van der Waals surface area contributed by atoms with E-state index in [2.05, 4.69) is 12.2 Å². The number of amides is 1. The molecule has 0 aromatic heterocycles. The Hall–Kier alpha value is -1.71. The van der Waals surface area contributed by atoms with E-state index in [1.807, 2.05) is 6.92 Å². The first-order valence-electron chi connectivity index (χ1n) is 7.91. The summed E-state index contributed by atoms with van der Waals surface area (Å²) in [5.74, 6) is 0.583. The molecule has 0 unspecified atom stereocenters. The number of nitrogen functional groups attached to an aromatic ring is 1. The fraction of sp³-hybridized carbons (Fsp3) is 0.588. The van der Waals surface area contributed by atoms with Gasteiger partial charge in [-0.25, -0.2) is 0 Å². The summed E-state index contributed by atoms with van der Waals surface area (Å²) in [6.45, 7) is 5.45. The molecule has 21 heavy (non-hydrogen) atoms. The minimum absolute atomic E-state index is 0.0514. The molecule has 1 aromatic rings. The van der Waals surface area contributed by atoms with E-state index in [9.17, 15) is 4.79 Å². The van der Waals surface area contributed by atoms with Crippen LogP contribution in [0.25, 0.3) is 0 Å². The predicted octanol–water partition coefficient (Wildman–Crippen LogP) is 3.37. The first-order chi connectivity index (χ1) is 10.1. The summed E-state index contributed by atoms with van der Waals surface area (Å²) in [5, 5.41) is 3.08. The lowest BCUT2D eigenvalue weighted by atomic mass is 9.83. The van der Waals surface area contributed by atoms with Crippen molar-refractivity contribution in [3.05, 3.63) is 23.8 Å². The molecule has 4 heteroatoms. The highest BCUT2D eigenvalue weighted by Gasteiger charge is 2.32. The Morgan fingerprint density at radius 3 is 2.62 bits per heavy atom. The Morgan fingerprint density at radius 2 is 2.05 bits per heavy atom. The maximum Gasteiger partial charge on any atom is 0.251 e. The summed E-state index contributed by atoms with van der Waals surface area (Å²) in [5.41, 5.74) is 7.32. The highest BCUT2D eigenvalue weighted by atomic mass is 16.5. The van der Waals surface area contributed by atoms with Crippen LogP contribution < -0.4 is 15.8 Å². The van der Waals surface area contributed by atoms with Crippen molar-refractivity contribution in [3.63, 3.8) is 0 Å². The molecule has 1 amide bonds. The number of carbonyl (C=O) groups is 1. The van der Waals surface area contributed by atoms with Gasteiger partial charge < -0.3 is 15.8 Å². The molecule has 0 atom stereocenters. The summed E-state index contributed by atoms with van der Waals surface area (Å²) >= 11 is 0. The number of anilines is 1. The Kier molecular flexibility index (Phi) is 5.10. The first kappa shape index (κ1) is 15.7. The van der Waals surface area contributed by atoms with Crippen LogP contribution in [-0.2, 0) is 0 Å². The van der Waals surface area contributed by atoms with E-state index in [1.54, 1.807) is 18.2 Å². The molecule has 116 valence electrons. The standard InChI is InChI=1S/C17H26N2O2/c1-3-17(9-5-6-10-17)12-19-16(20)13-7-8-15(21-4-2)14(18)11-13/h7-8,11H,3-6,9-10,12,18H2,1-2H3,(H,19,20). The van der Waals surface area contributed by atoms with Gasteiger partial charge in [-0.15, -0.1) is 0 Å². The van der Waals surface area contributed by atoms with Crippen molar-refractivity contribution in [2.24, 2.45) is 5.41 Å². The molecule has 4 nitrogen and oxygen atoms in total. The van der Waals surface area contributed by atoms with Crippen molar-refractivity contribution in [2.45, 2.75) is 46.0 Å². The highest BCUT2D eigenvalue weighted by molar-refractivity contribution is 5.95. The van der Waals surface area contributed by atoms with Crippen molar-refractivity contribution in [3.8, 4) is 5.75 Å². The molecule has 0 saturated heterocycles. The van der Waals surface area contributed by atoms with Gasteiger partial charge >= 0.3 is 0 Å². The summed E-state index contributed by atoms with van der Waals surface area (Å²) in [6.07, 6.45) is 6.11. The number of rotatable bonds is 6. The zero-order chi connectivity index (χ0) is 15.3. The first-order valence-corrected chi connectivity index (χ1v) is 7.91. The van der Waals surface area contributed by atoms with Gasteiger partial charge in [-0.1, -0.05) is 19.8 Å². The maximum atomic E-state index is 12.3. The highest BCUT2D eigenvalue weighted by Crippen LogP contribution is 2.40. The Morgan fingerprint density at radius 1 is 1.33 bits per heavy atom. The van der Waals surface area contributed by atoms with Gasteiger partial charge in [0.15, 0.2) is 0 Å². The second kappa shape index (κ2) is 6.83. The second-order valence-corrected chi connectivity index (χ2v) is 5.93. The Balaban J connectivity index is 1.98. The summed E-state index contributed by atoms with van der Waals surface area (Å²) in [6, 6.07) is 5.22. The van der Waals surface area contributed by atoms with Crippen LogP contribution in [0.3, 0.4) is 0 Å². The monoisotopic (exact) mass is 290 g/mol. The predicted molar refractivity (Wildman–Crippen MR) is 85.5 cm³/mol. The average Bonchev–Trinajstić information content (AvgIpc) is 2.96. The zero-order valence-electron chi connectivity index (χ0n) is 13.1. The number of ether oxygens (including phenoxy) is 1. The molecule has 1 aromatic carbocycles. The smallest absolute Gasteiger partial charge is 0.251 e. The van der Waals surface area contributed by atoms with Gasteiger partial charge in [0.05, 0.1) is 12.3 Å². The molecule has 2 rings (SSSR count). The van der Waals surface area contributed by atoms with E-state index in [4.69, 9.17) is 10.5 Å². The average molecular weight is 290 g/mol. The fourth-order valence-corrected chi connectivity index (χ4v) is 3.13. The van der Waals surface area contributed by atoms with Gasteiger partial charge in [-0.05, 0) is 49.8 Å². The molecule has 1 aliphatic carbocycles. The van der Waals surface area contributed by atoms with E-state index >= 15 is 0 Å². The third kappa shape index (κ3) is 3.69. The zero-order valence-corrected chi connectivity index (χ0v) is 13.1. The van der Waals surface area contributed by atoms with Crippen LogP contribution in [0, 0.1) is 5.41 Å². The molecule has 0 heterocycles. The van der Waals surface area contributed by atoms with Crippen molar-refractivity contribution in [2.75, 3.05) is 18.9 Å². The van der Waals surface area contributed by atoms with E-state index in [0.717, 1.165) is 13.0 Å². The Bertz CT molecular complexity index is 494. The van der Waals surface area contributed by atoms with Gasteiger partial charge in [0.2, 0.25) is 0 Å². The summed E-state index contributed by atoms with van der Waals surface area (Å²) in [7, 11) is 0. The number of hydrogen-bond donors (Lipinski definition) is 2. The molecule has 0 aliphatic heterocycles. The largest absolute Gasteiger partial charge is 0.492 e. The number of hydrogen-bond acceptors (Lipinski definition) is 3. The number of benzene rings is 1. The van der Waals surface area contributed by atoms with Crippen LogP contribution in [0.1, 0.15) is 56.3 Å². The van der Waals surface area contributed by atoms with Crippen LogP contribution in [0.4, 0.5) is 5.69 Å². The van der Waals surface area contributed by atoms with E-state index < -0.39 is 0 Å². The molecule has 3 N–H and O–H groups in total. The van der Waals surface area contributed by atoms with Crippen molar-refractivity contribution in [1.29, 1.82) is 0 Å². The minimum Gasteiger partial charge on any atom is -0.492 e. The molecule has 1 fully saturated rings. The summed E-state index contributed by atoms with van der Waals surface area (Å²) < 4.78 is 5.39. The van der Waals surface area contributed by atoms with Crippen LogP contribution in [0.15, 0.2) is 18.2 Å². The van der Waals surface area contributed by atoms with Gasteiger partial charge in [0.1, 0.15) is 5.75 Å². The van der Waals surface area contributed by atoms with Gasteiger partial charge in [-0.2, -0.15) is 0 Å². The number of nitrogens with one attached hydrogen (secondary N) is 1. The molecule has 1 aliphatic rings. The third-order valence-electron chi connectivity index (χ3n) is 4.61. The van der Waals surface area contributed by atoms with Crippen LogP contribution >= 0.6 is 0 Å². The van der Waals surface area contributed by atoms with Gasteiger partial charge in [0.25, 0.3) is 5.91 Å². The normalized spacial score (nSPS) is 16.7. The molecule has 0 bridgehead atoms. The molecule has 1 saturated carbocycles. The minimum atomic E-state index is -0.0514. The van der Waals surface area contributed by atoms with E-state index in [1.165, 1.54) is 25.7 Å². The topological polar surface area (TPSA) is 64.3 Å². The third-order valence-corrected chi connectivity index (χ3v) is 4.61. The van der Waals surface area contributed by atoms with Crippen LogP contribution in [0.2, 0.25) is 0 Å². The van der Waals surface area contributed by atoms with Crippen LogP contribution in [0.5, 0.6) is 5.75 Å². The van der Waals surface area contributed by atoms with E-state index in [-0.39, 0.29) is 5.91 Å².